The highest BCUT2D eigenvalue weighted by Crippen LogP contribution is 2.26. The molecule has 4 aromatic rings. The minimum absolute atomic E-state index is 0.0409. The van der Waals surface area contributed by atoms with E-state index in [4.69, 9.17) is 0 Å². The summed E-state index contributed by atoms with van der Waals surface area (Å²) in [6.45, 7) is 2.00. The van der Waals surface area contributed by atoms with Crippen molar-refractivity contribution in [3.8, 4) is 0 Å². The van der Waals surface area contributed by atoms with Gasteiger partial charge in [0.2, 0.25) is 5.91 Å². The fraction of sp³-hybridized carbons (Fsp3) is 0.148. The van der Waals surface area contributed by atoms with E-state index < -0.39 is 10.8 Å². The van der Waals surface area contributed by atoms with Crippen molar-refractivity contribution in [1.82, 2.24) is 4.57 Å². The van der Waals surface area contributed by atoms with Crippen LogP contribution in [0.2, 0.25) is 0 Å². The maximum absolute atomic E-state index is 13.3. The van der Waals surface area contributed by atoms with Crippen LogP contribution in [0, 0.1) is 6.92 Å². The summed E-state index contributed by atoms with van der Waals surface area (Å²) in [4.78, 5) is 14.0. The summed E-state index contributed by atoms with van der Waals surface area (Å²) in [5, 5.41) is 0.514. The topological polar surface area (TPSA) is 39.1 Å². The SMILES string of the molecule is Cc1ccc(S(=O)c2cccn2C(=O)C[C@H](Cc2ccccc2)c2ccccc2)cc1. The van der Waals surface area contributed by atoms with Crippen molar-refractivity contribution < 1.29 is 9.00 Å². The highest BCUT2D eigenvalue weighted by molar-refractivity contribution is 7.85. The van der Waals surface area contributed by atoms with Gasteiger partial charge in [-0.3, -0.25) is 9.36 Å². The molecule has 0 aliphatic heterocycles. The molecule has 0 N–H and O–H groups in total. The number of carbonyl (C=O) groups is 1. The lowest BCUT2D eigenvalue weighted by atomic mass is 9.89. The molecular weight excluding hydrogens is 402 g/mol. The largest absolute Gasteiger partial charge is 0.279 e. The molecule has 0 amide bonds. The van der Waals surface area contributed by atoms with E-state index >= 15 is 0 Å². The predicted octanol–water partition coefficient (Wildman–Crippen LogP) is 6.02. The van der Waals surface area contributed by atoms with Crippen LogP contribution >= 0.6 is 0 Å². The lowest BCUT2D eigenvalue weighted by Gasteiger charge is -2.18. The fourth-order valence-electron chi connectivity index (χ4n) is 3.75. The molecule has 0 saturated heterocycles. The first-order valence-corrected chi connectivity index (χ1v) is 11.5. The van der Waals surface area contributed by atoms with Gasteiger partial charge < -0.3 is 0 Å². The van der Waals surface area contributed by atoms with E-state index in [1.165, 1.54) is 5.56 Å². The third-order valence-electron chi connectivity index (χ3n) is 5.42. The molecule has 156 valence electrons. The van der Waals surface area contributed by atoms with Crippen molar-refractivity contribution in [1.29, 1.82) is 0 Å². The zero-order valence-corrected chi connectivity index (χ0v) is 18.3. The Kier molecular flexibility index (Phi) is 6.58. The second-order valence-electron chi connectivity index (χ2n) is 7.69. The van der Waals surface area contributed by atoms with Crippen LogP contribution in [0.15, 0.2) is 113 Å². The molecule has 1 heterocycles. The molecule has 2 atom stereocenters. The minimum atomic E-state index is -1.41. The van der Waals surface area contributed by atoms with Gasteiger partial charge in [0.25, 0.3) is 0 Å². The maximum Gasteiger partial charge on any atom is 0.232 e. The average molecular weight is 428 g/mol. The van der Waals surface area contributed by atoms with E-state index in [1.54, 1.807) is 22.9 Å². The van der Waals surface area contributed by atoms with Gasteiger partial charge in [0, 0.05) is 17.5 Å². The molecule has 0 radical (unpaired) electrons. The van der Waals surface area contributed by atoms with E-state index in [-0.39, 0.29) is 11.8 Å². The van der Waals surface area contributed by atoms with Crippen molar-refractivity contribution in [2.24, 2.45) is 0 Å². The summed E-state index contributed by atoms with van der Waals surface area (Å²) in [6, 6.07) is 31.5. The predicted molar refractivity (Wildman–Crippen MR) is 125 cm³/mol. The Hall–Kier alpha value is -3.24. The Balaban J connectivity index is 1.59. The zero-order valence-electron chi connectivity index (χ0n) is 17.5. The van der Waals surface area contributed by atoms with Crippen LogP contribution in [0.3, 0.4) is 0 Å². The van der Waals surface area contributed by atoms with Gasteiger partial charge in [-0.25, -0.2) is 4.21 Å². The highest BCUT2D eigenvalue weighted by atomic mass is 32.2. The van der Waals surface area contributed by atoms with Gasteiger partial charge in [0.05, 0.1) is 0 Å². The molecule has 0 fully saturated rings. The summed E-state index contributed by atoms with van der Waals surface area (Å²) >= 11 is 0. The lowest BCUT2D eigenvalue weighted by molar-refractivity contribution is 0.0883. The first-order valence-electron chi connectivity index (χ1n) is 10.4. The number of nitrogens with zero attached hydrogens (tertiary/aromatic N) is 1. The Bertz CT molecular complexity index is 1160. The van der Waals surface area contributed by atoms with E-state index in [0.29, 0.717) is 16.3 Å². The monoisotopic (exact) mass is 427 g/mol. The number of benzene rings is 3. The number of carbonyl (C=O) groups excluding carboxylic acids is 1. The average Bonchev–Trinajstić information content (AvgIpc) is 3.30. The van der Waals surface area contributed by atoms with Crippen molar-refractivity contribution >= 4 is 16.7 Å². The lowest BCUT2D eigenvalue weighted by Crippen LogP contribution is -2.18. The van der Waals surface area contributed by atoms with Gasteiger partial charge in [-0.2, -0.15) is 0 Å². The number of hydrogen-bond donors (Lipinski definition) is 0. The molecule has 3 nitrogen and oxygen atoms in total. The van der Waals surface area contributed by atoms with E-state index in [2.05, 4.69) is 24.3 Å². The van der Waals surface area contributed by atoms with Crippen LogP contribution in [0.25, 0.3) is 0 Å². The summed E-state index contributed by atoms with van der Waals surface area (Å²) in [5.74, 6) is -0.00981. The molecule has 4 rings (SSSR count). The third-order valence-corrected chi connectivity index (χ3v) is 6.83. The van der Waals surface area contributed by atoms with Crippen molar-refractivity contribution in [3.05, 3.63) is 120 Å². The van der Waals surface area contributed by atoms with E-state index in [9.17, 15) is 9.00 Å². The van der Waals surface area contributed by atoms with Crippen LogP contribution in [0.4, 0.5) is 0 Å². The molecule has 0 aliphatic rings. The quantitative estimate of drug-likeness (QED) is 0.362. The molecule has 0 bridgehead atoms. The van der Waals surface area contributed by atoms with Gasteiger partial charge in [0.1, 0.15) is 15.8 Å². The van der Waals surface area contributed by atoms with Crippen LogP contribution in [-0.4, -0.2) is 14.7 Å². The van der Waals surface area contributed by atoms with Crippen LogP contribution in [0.5, 0.6) is 0 Å². The Morgan fingerprint density at radius 1 is 0.839 bits per heavy atom. The first kappa shape index (κ1) is 21.0. The fourth-order valence-corrected chi connectivity index (χ4v) is 4.91. The third kappa shape index (κ3) is 5.09. The summed E-state index contributed by atoms with van der Waals surface area (Å²) in [5.41, 5.74) is 3.44. The second kappa shape index (κ2) is 9.71. The smallest absolute Gasteiger partial charge is 0.232 e. The molecule has 0 spiro atoms. The Morgan fingerprint density at radius 3 is 2.16 bits per heavy atom. The minimum Gasteiger partial charge on any atom is -0.279 e. The molecular formula is C27H25NO2S. The van der Waals surface area contributed by atoms with Crippen molar-refractivity contribution in [2.75, 3.05) is 0 Å². The molecule has 4 heteroatoms. The number of aryl methyl sites for hydroxylation is 1. The van der Waals surface area contributed by atoms with Crippen LogP contribution < -0.4 is 0 Å². The Morgan fingerprint density at radius 2 is 1.48 bits per heavy atom. The highest BCUT2D eigenvalue weighted by Gasteiger charge is 2.21. The molecule has 0 aliphatic carbocycles. The maximum atomic E-state index is 13.3. The van der Waals surface area contributed by atoms with Crippen molar-refractivity contribution in [2.45, 2.75) is 35.6 Å². The first-order chi connectivity index (χ1) is 15.1. The molecule has 3 aromatic carbocycles. The Labute approximate surface area is 185 Å². The summed E-state index contributed by atoms with van der Waals surface area (Å²) < 4.78 is 14.7. The molecule has 31 heavy (non-hydrogen) atoms. The molecule has 1 aromatic heterocycles. The van der Waals surface area contributed by atoms with Gasteiger partial charge in [0.15, 0.2) is 0 Å². The van der Waals surface area contributed by atoms with Gasteiger partial charge in [-0.1, -0.05) is 78.4 Å². The molecule has 0 saturated carbocycles. The van der Waals surface area contributed by atoms with Gasteiger partial charge in [-0.05, 0) is 54.7 Å². The van der Waals surface area contributed by atoms with Crippen LogP contribution in [0.1, 0.15) is 33.8 Å². The van der Waals surface area contributed by atoms with Crippen molar-refractivity contribution in [3.63, 3.8) is 0 Å². The van der Waals surface area contributed by atoms with Crippen LogP contribution in [-0.2, 0) is 17.2 Å². The normalized spacial score (nSPS) is 12.9. The van der Waals surface area contributed by atoms with E-state index in [0.717, 1.165) is 17.5 Å². The number of rotatable bonds is 7. The zero-order chi connectivity index (χ0) is 21.6. The standard InChI is InChI=1S/C27H25NO2S/c1-21-14-16-25(17-15-21)31(30)27-13-8-18-28(27)26(29)20-24(23-11-6-3-7-12-23)19-22-9-4-2-5-10-22/h2-18,24H,19-20H2,1H3/t24-,31?/m0/s1. The van der Waals surface area contributed by atoms with Gasteiger partial charge >= 0.3 is 0 Å². The molecule has 1 unspecified atom stereocenters. The summed E-state index contributed by atoms with van der Waals surface area (Å²) in [7, 11) is -1.41. The summed E-state index contributed by atoms with van der Waals surface area (Å²) in [6.07, 6.45) is 2.83. The van der Waals surface area contributed by atoms with Gasteiger partial charge in [-0.15, -0.1) is 0 Å². The van der Waals surface area contributed by atoms with E-state index in [1.807, 2.05) is 67.6 Å². The second-order valence-corrected chi connectivity index (χ2v) is 9.12. The number of aromatic nitrogens is 1. The number of hydrogen-bond acceptors (Lipinski definition) is 2.